The first-order chi connectivity index (χ1) is 6.15. The van der Waals surface area contributed by atoms with Crippen LogP contribution in [-0.4, -0.2) is 9.93 Å². The van der Waals surface area contributed by atoms with E-state index in [0.29, 0.717) is 10.6 Å². The first-order valence-electron chi connectivity index (χ1n) is 3.62. The molecule has 1 rings (SSSR count). The van der Waals surface area contributed by atoms with E-state index in [1.165, 1.54) is 0 Å². The average Bonchev–Trinajstić information content (AvgIpc) is 2.17. The van der Waals surface area contributed by atoms with Gasteiger partial charge in [-0.25, -0.2) is 0 Å². The molecule has 0 radical (unpaired) electrons. The molecule has 2 nitrogen and oxygen atoms in total. The monoisotopic (exact) mass is 259 g/mol. The van der Waals surface area contributed by atoms with Crippen LogP contribution in [0.25, 0.3) is 0 Å². The lowest BCUT2D eigenvalue weighted by Crippen LogP contribution is -2.09. The van der Waals surface area contributed by atoms with Gasteiger partial charge in [-0.05, 0) is 17.7 Å². The summed E-state index contributed by atoms with van der Waals surface area (Å²) in [5.74, 6) is 0. The lowest BCUT2D eigenvalue weighted by molar-refractivity contribution is 0.190. The second-order valence-corrected chi connectivity index (χ2v) is 3.95. The van der Waals surface area contributed by atoms with Crippen molar-refractivity contribution in [2.45, 2.75) is 10.9 Å². The highest BCUT2D eigenvalue weighted by Crippen LogP contribution is 2.23. The van der Waals surface area contributed by atoms with Crippen LogP contribution in [-0.2, 0) is 0 Å². The molecule has 0 saturated heterocycles. The molecule has 2 atom stereocenters. The Morgan fingerprint density at radius 3 is 2.38 bits per heavy atom. The zero-order valence-corrected chi connectivity index (χ0v) is 8.96. The van der Waals surface area contributed by atoms with E-state index < -0.39 is 10.9 Å². The fourth-order valence-electron chi connectivity index (χ4n) is 0.900. The summed E-state index contributed by atoms with van der Waals surface area (Å²) in [6.45, 7) is 0. The molecule has 0 saturated carbocycles. The topological polar surface area (TPSA) is 44.0 Å². The lowest BCUT2D eigenvalue weighted by Gasteiger charge is -2.10. The summed E-state index contributed by atoms with van der Waals surface area (Å²) < 4.78 is 0. The summed E-state index contributed by atoms with van der Waals surface area (Å²) in [4.78, 5) is -0.589. The number of aliphatic hydroxyl groups is 1. The third-order valence-electron chi connectivity index (χ3n) is 1.61. The Morgan fingerprint density at radius 1 is 1.38 bits per heavy atom. The molecule has 0 bridgehead atoms. The van der Waals surface area contributed by atoms with Gasteiger partial charge in [0.05, 0.1) is 6.07 Å². The van der Waals surface area contributed by atoms with Crippen LogP contribution in [0.4, 0.5) is 0 Å². The Bertz CT molecular complexity index is 319. The van der Waals surface area contributed by atoms with E-state index >= 15 is 0 Å². The van der Waals surface area contributed by atoms with Gasteiger partial charge in [-0.1, -0.05) is 39.7 Å². The maximum atomic E-state index is 9.57. The Balaban J connectivity index is 2.84. The minimum Gasteiger partial charge on any atom is -0.386 e. The van der Waals surface area contributed by atoms with Crippen molar-refractivity contribution in [3.63, 3.8) is 0 Å². The van der Waals surface area contributed by atoms with Crippen LogP contribution in [0, 0.1) is 11.3 Å². The fourth-order valence-corrected chi connectivity index (χ4v) is 1.33. The molecule has 68 valence electrons. The third-order valence-corrected chi connectivity index (χ3v) is 2.57. The SMILES string of the molecule is N#CC(Br)C(O)c1ccc(Cl)cc1. The third kappa shape index (κ3) is 2.70. The summed E-state index contributed by atoms with van der Waals surface area (Å²) in [6, 6.07) is 8.65. The number of hydrogen-bond donors (Lipinski definition) is 1. The van der Waals surface area contributed by atoms with Gasteiger partial charge in [0.15, 0.2) is 0 Å². The molecule has 0 aliphatic heterocycles. The molecule has 0 amide bonds. The summed E-state index contributed by atoms with van der Waals surface area (Å²) >= 11 is 8.72. The van der Waals surface area contributed by atoms with Crippen molar-refractivity contribution < 1.29 is 5.11 Å². The summed E-state index contributed by atoms with van der Waals surface area (Å²) in [6.07, 6.45) is -0.817. The number of halogens is 2. The number of rotatable bonds is 2. The molecule has 4 heteroatoms. The summed E-state index contributed by atoms with van der Waals surface area (Å²) in [5, 5.41) is 18.7. The van der Waals surface area contributed by atoms with Crippen LogP contribution < -0.4 is 0 Å². The predicted molar refractivity (Wildman–Crippen MR) is 54.7 cm³/mol. The van der Waals surface area contributed by atoms with Gasteiger partial charge in [0, 0.05) is 5.02 Å². The highest BCUT2D eigenvalue weighted by Gasteiger charge is 2.16. The Labute approximate surface area is 89.9 Å². The average molecular weight is 261 g/mol. The van der Waals surface area contributed by atoms with E-state index in [0.717, 1.165) is 0 Å². The van der Waals surface area contributed by atoms with Crippen molar-refractivity contribution in [2.75, 3.05) is 0 Å². The maximum absolute atomic E-state index is 9.57. The molecule has 0 aromatic heterocycles. The van der Waals surface area contributed by atoms with E-state index in [9.17, 15) is 5.11 Å². The molecule has 0 aliphatic rings. The van der Waals surface area contributed by atoms with Gasteiger partial charge in [-0.15, -0.1) is 0 Å². The minimum atomic E-state index is -0.817. The molecular formula is C9H7BrClNO. The Morgan fingerprint density at radius 2 is 1.92 bits per heavy atom. The van der Waals surface area contributed by atoms with Crippen molar-refractivity contribution in [1.29, 1.82) is 5.26 Å². The Hall–Kier alpha value is -0.560. The van der Waals surface area contributed by atoms with Crippen molar-refractivity contribution in [2.24, 2.45) is 0 Å². The van der Waals surface area contributed by atoms with Crippen LogP contribution in [0.5, 0.6) is 0 Å². The quantitative estimate of drug-likeness (QED) is 0.831. The highest BCUT2D eigenvalue weighted by atomic mass is 79.9. The summed E-state index contributed by atoms with van der Waals surface area (Å²) in [7, 11) is 0. The molecular weight excluding hydrogens is 253 g/mol. The minimum absolute atomic E-state index is 0.589. The number of alkyl halides is 1. The van der Waals surface area contributed by atoms with E-state index in [1.807, 2.05) is 6.07 Å². The molecule has 13 heavy (non-hydrogen) atoms. The van der Waals surface area contributed by atoms with Crippen molar-refractivity contribution in [3.05, 3.63) is 34.9 Å². The predicted octanol–water partition coefficient (Wildman–Crippen LogP) is 2.66. The number of benzene rings is 1. The van der Waals surface area contributed by atoms with Crippen molar-refractivity contribution >= 4 is 27.5 Å². The first-order valence-corrected chi connectivity index (χ1v) is 4.91. The van der Waals surface area contributed by atoms with Crippen molar-refractivity contribution in [3.8, 4) is 6.07 Å². The van der Waals surface area contributed by atoms with Crippen molar-refractivity contribution in [1.82, 2.24) is 0 Å². The van der Waals surface area contributed by atoms with Crippen LogP contribution >= 0.6 is 27.5 Å². The second-order valence-electron chi connectivity index (χ2n) is 2.53. The number of nitriles is 1. The molecule has 1 aromatic rings. The molecule has 0 fully saturated rings. The van der Waals surface area contributed by atoms with Gasteiger partial charge in [-0.3, -0.25) is 0 Å². The van der Waals surface area contributed by atoms with Crippen LogP contribution in [0.15, 0.2) is 24.3 Å². The van der Waals surface area contributed by atoms with Gasteiger partial charge >= 0.3 is 0 Å². The van der Waals surface area contributed by atoms with Gasteiger partial charge in [0.1, 0.15) is 10.9 Å². The van der Waals surface area contributed by atoms with Gasteiger partial charge < -0.3 is 5.11 Å². The number of nitrogens with zero attached hydrogens (tertiary/aromatic N) is 1. The van der Waals surface area contributed by atoms with E-state index in [1.54, 1.807) is 24.3 Å². The first kappa shape index (κ1) is 10.5. The van der Waals surface area contributed by atoms with Gasteiger partial charge in [0.25, 0.3) is 0 Å². The second kappa shape index (κ2) is 4.61. The molecule has 0 heterocycles. The molecule has 2 unspecified atom stereocenters. The summed E-state index contributed by atoms with van der Waals surface area (Å²) in [5.41, 5.74) is 0.674. The fraction of sp³-hybridized carbons (Fsp3) is 0.222. The van der Waals surface area contributed by atoms with Crippen LogP contribution in [0.3, 0.4) is 0 Å². The number of aliphatic hydroxyl groups excluding tert-OH is 1. The molecule has 1 N–H and O–H groups in total. The van der Waals surface area contributed by atoms with Crippen LogP contribution in [0.2, 0.25) is 5.02 Å². The highest BCUT2D eigenvalue weighted by molar-refractivity contribution is 9.09. The standard InChI is InChI=1S/C9H7BrClNO/c10-8(5-12)9(13)6-1-3-7(11)4-2-6/h1-4,8-9,13H. The largest absolute Gasteiger partial charge is 0.386 e. The molecule has 0 aliphatic carbocycles. The zero-order chi connectivity index (χ0) is 9.84. The zero-order valence-electron chi connectivity index (χ0n) is 6.61. The maximum Gasteiger partial charge on any atom is 0.131 e. The Kier molecular flexibility index (Phi) is 3.73. The molecule has 0 spiro atoms. The molecule has 1 aromatic carbocycles. The van der Waals surface area contributed by atoms with E-state index in [2.05, 4.69) is 15.9 Å². The normalized spacial score (nSPS) is 14.6. The van der Waals surface area contributed by atoms with Gasteiger partial charge in [0.2, 0.25) is 0 Å². The lowest BCUT2D eigenvalue weighted by atomic mass is 10.1. The van der Waals surface area contributed by atoms with Crippen LogP contribution in [0.1, 0.15) is 11.7 Å². The van der Waals surface area contributed by atoms with E-state index in [-0.39, 0.29) is 0 Å². The number of hydrogen-bond acceptors (Lipinski definition) is 2. The van der Waals surface area contributed by atoms with Gasteiger partial charge in [-0.2, -0.15) is 5.26 Å². The smallest absolute Gasteiger partial charge is 0.131 e. The van der Waals surface area contributed by atoms with E-state index in [4.69, 9.17) is 16.9 Å².